The van der Waals surface area contributed by atoms with E-state index in [4.69, 9.17) is 15.2 Å². The molecule has 0 saturated carbocycles. The van der Waals surface area contributed by atoms with Crippen molar-refractivity contribution < 1.29 is 9.47 Å². The summed E-state index contributed by atoms with van der Waals surface area (Å²) >= 11 is 7.07. The van der Waals surface area contributed by atoms with Crippen LogP contribution in [-0.4, -0.2) is 18.6 Å². The molecule has 1 heterocycles. The molecule has 0 aliphatic rings. The molecule has 0 radical (unpaired) electrons. The Kier molecular flexibility index (Phi) is 6.02. The molecule has 1 aromatic carbocycles. The Morgan fingerprint density at radius 1 is 1.24 bits per heavy atom. The molecule has 2 N–H and O–H groups in total. The smallest absolute Gasteiger partial charge is 0.219 e. The van der Waals surface area contributed by atoms with E-state index in [1.165, 1.54) is 0 Å². The van der Waals surface area contributed by atoms with Crippen LogP contribution in [0, 0.1) is 0 Å². The third-order valence-corrected chi connectivity index (χ3v) is 4.08. The van der Waals surface area contributed by atoms with Gasteiger partial charge in [0.05, 0.1) is 21.6 Å². The van der Waals surface area contributed by atoms with Gasteiger partial charge in [0.25, 0.3) is 0 Å². The maximum atomic E-state index is 5.88. The first-order valence-electron chi connectivity index (χ1n) is 6.44. The molecule has 0 spiro atoms. The van der Waals surface area contributed by atoms with E-state index < -0.39 is 0 Å². The van der Waals surface area contributed by atoms with Gasteiger partial charge in [0.2, 0.25) is 5.88 Å². The molecule has 6 heteroatoms. The van der Waals surface area contributed by atoms with Crippen molar-refractivity contribution in [3.8, 4) is 11.6 Å². The Labute approximate surface area is 140 Å². The second-order valence-corrected chi connectivity index (χ2v) is 6.10. The Morgan fingerprint density at radius 3 is 2.57 bits per heavy atom. The van der Waals surface area contributed by atoms with E-state index in [2.05, 4.69) is 36.8 Å². The van der Waals surface area contributed by atoms with Crippen LogP contribution in [0.5, 0.6) is 11.6 Å². The lowest BCUT2D eigenvalue weighted by molar-refractivity contribution is 0.290. The number of halogens is 2. The van der Waals surface area contributed by atoms with Crippen molar-refractivity contribution >= 4 is 31.9 Å². The number of hydrogen-bond acceptors (Lipinski definition) is 4. The van der Waals surface area contributed by atoms with Gasteiger partial charge in [-0.1, -0.05) is 0 Å². The van der Waals surface area contributed by atoms with E-state index in [-0.39, 0.29) is 0 Å². The van der Waals surface area contributed by atoms with Crippen LogP contribution >= 0.6 is 31.9 Å². The lowest BCUT2D eigenvalue weighted by Crippen LogP contribution is -2.04. The maximum Gasteiger partial charge on any atom is 0.219 e. The van der Waals surface area contributed by atoms with Gasteiger partial charge in [-0.2, -0.15) is 0 Å². The molecule has 0 fully saturated rings. The fourth-order valence-electron chi connectivity index (χ4n) is 1.93. The van der Waals surface area contributed by atoms with E-state index in [0.717, 1.165) is 32.2 Å². The Balaban J connectivity index is 2.16. The van der Waals surface area contributed by atoms with Crippen LogP contribution in [0.15, 0.2) is 39.4 Å². The topological polar surface area (TPSA) is 57.4 Å². The molecule has 0 atom stereocenters. The fraction of sp³-hybridized carbons (Fsp3) is 0.267. The van der Waals surface area contributed by atoms with Crippen LogP contribution in [0.2, 0.25) is 0 Å². The molecule has 0 amide bonds. The van der Waals surface area contributed by atoms with E-state index >= 15 is 0 Å². The van der Waals surface area contributed by atoms with Crippen LogP contribution in [-0.2, 0) is 13.0 Å². The van der Waals surface area contributed by atoms with Gasteiger partial charge in [0, 0.05) is 6.20 Å². The van der Waals surface area contributed by atoms with Gasteiger partial charge in [0.15, 0.2) is 0 Å². The Bertz CT molecular complexity index is 597. The summed E-state index contributed by atoms with van der Waals surface area (Å²) in [6.07, 6.45) is 2.52. The number of nitrogens with zero attached hydrogens (tertiary/aromatic N) is 1. The molecular weight excluding hydrogens is 400 g/mol. The normalized spacial score (nSPS) is 10.5. The second-order valence-electron chi connectivity index (χ2n) is 4.39. The molecule has 1 aromatic heterocycles. The summed E-state index contributed by atoms with van der Waals surface area (Å²) in [6, 6.07) is 7.83. The standard InChI is InChI=1S/C15H16Br2N2O2/c1-20-15-11(3-2-6-19-15)9-21-14-12(16)7-10(4-5-18)8-13(14)17/h2-3,6-8H,4-5,9,18H2,1H3. The number of pyridine rings is 1. The first-order chi connectivity index (χ1) is 10.2. The zero-order valence-corrected chi connectivity index (χ0v) is 14.8. The zero-order chi connectivity index (χ0) is 15.2. The summed E-state index contributed by atoms with van der Waals surface area (Å²) in [5, 5.41) is 0. The van der Waals surface area contributed by atoms with Crippen LogP contribution in [0.4, 0.5) is 0 Å². The summed E-state index contributed by atoms with van der Waals surface area (Å²) in [7, 11) is 1.60. The van der Waals surface area contributed by atoms with Crippen molar-refractivity contribution in [2.75, 3.05) is 13.7 Å². The van der Waals surface area contributed by atoms with Crippen LogP contribution in [0.25, 0.3) is 0 Å². The van der Waals surface area contributed by atoms with Crippen molar-refractivity contribution in [2.24, 2.45) is 5.73 Å². The minimum atomic E-state index is 0.379. The van der Waals surface area contributed by atoms with Crippen LogP contribution < -0.4 is 15.2 Å². The van der Waals surface area contributed by atoms with Crippen LogP contribution in [0.3, 0.4) is 0 Å². The van der Waals surface area contributed by atoms with Gasteiger partial charge >= 0.3 is 0 Å². The summed E-state index contributed by atoms with van der Waals surface area (Å²) in [6.45, 7) is 0.996. The summed E-state index contributed by atoms with van der Waals surface area (Å²) in [4.78, 5) is 4.15. The highest BCUT2D eigenvalue weighted by molar-refractivity contribution is 9.11. The number of nitrogens with two attached hydrogens (primary N) is 1. The highest BCUT2D eigenvalue weighted by Crippen LogP contribution is 2.35. The van der Waals surface area contributed by atoms with E-state index in [9.17, 15) is 0 Å². The monoisotopic (exact) mass is 414 g/mol. The third kappa shape index (κ3) is 4.18. The van der Waals surface area contributed by atoms with Crippen molar-refractivity contribution in [3.63, 3.8) is 0 Å². The van der Waals surface area contributed by atoms with Gasteiger partial charge in [-0.05, 0) is 74.7 Å². The average molecular weight is 416 g/mol. The number of rotatable bonds is 6. The van der Waals surface area contributed by atoms with E-state index in [1.54, 1.807) is 13.3 Å². The first kappa shape index (κ1) is 16.3. The molecule has 0 bridgehead atoms. The number of hydrogen-bond donors (Lipinski definition) is 1. The number of methoxy groups -OCH3 is 1. The predicted molar refractivity (Wildman–Crippen MR) is 89.7 cm³/mol. The average Bonchev–Trinajstić information content (AvgIpc) is 2.47. The number of aromatic nitrogens is 1. The minimum absolute atomic E-state index is 0.379. The predicted octanol–water partition coefficient (Wildman–Crippen LogP) is 3.70. The van der Waals surface area contributed by atoms with Gasteiger partial charge < -0.3 is 15.2 Å². The van der Waals surface area contributed by atoms with Crippen LogP contribution in [0.1, 0.15) is 11.1 Å². The van der Waals surface area contributed by atoms with Crippen molar-refractivity contribution in [3.05, 3.63) is 50.5 Å². The molecular formula is C15H16Br2N2O2. The lowest BCUT2D eigenvalue weighted by Gasteiger charge is -2.13. The SMILES string of the molecule is COc1ncccc1COc1c(Br)cc(CCN)cc1Br. The number of benzene rings is 1. The molecule has 112 valence electrons. The fourth-order valence-corrected chi connectivity index (χ4v) is 3.44. The Morgan fingerprint density at radius 2 is 1.95 bits per heavy atom. The van der Waals surface area contributed by atoms with E-state index in [1.807, 2.05) is 24.3 Å². The molecule has 0 unspecified atom stereocenters. The lowest BCUT2D eigenvalue weighted by atomic mass is 10.1. The van der Waals surface area contributed by atoms with Crippen molar-refractivity contribution in [1.29, 1.82) is 0 Å². The van der Waals surface area contributed by atoms with E-state index in [0.29, 0.717) is 19.0 Å². The summed E-state index contributed by atoms with van der Waals surface area (Å²) in [5.74, 6) is 1.33. The van der Waals surface area contributed by atoms with Crippen molar-refractivity contribution in [1.82, 2.24) is 4.98 Å². The molecule has 0 aliphatic carbocycles. The quantitative estimate of drug-likeness (QED) is 0.781. The molecule has 0 aliphatic heterocycles. The largest absolute Gasteiger partial charge is 0.486 e. The molecule has 0 saturated heterocycles. The molecule has 2 aromatic rings. The zero-order valence-electron chi connectivity index (χ0n) is 11.6. The third-order valence-electron chi connectivity index (χ3n) is 2.91. The van der Waals surface area contributed by atoms with Gasteiger partial charge in [-0.25, -0.2) is 4.98 Å². The highest BCUT2D eigenvalue weighted by atomic mass is 79.9. The van der Waals surface area contributed by atoms with Crippen molar-refractivity contribution in [2.45, 2.75) is 13.0 Å². The Hall–Kier alpha value is -1.11. The molecule has 21 heavy (non-hydrogen) atoms. The molecule has 2 rings (SSSR count). The number of ether oxygens (including phenoxy) is 2. The van der Waals surface area contributed by atoms with Gasteiger partial charge in [-0.15, -0.1) is 0 Å². The maximum absolute atomic E-state index is 5.88. The van der Waals surface area contributed by atoms with Gasteiger partial charge in [-0.3, -0.25) is 0 Å². The highest BCUT2D eigenvalue weighted by Gasteiger charge is 2.11. The minimum Gasteiger partial charge on any atom is -0.486 e. The first-order valence-corrected chi connectivity index (χ1v) is 8.03. The van der Waals surface area contributed by atoms with Gasteiger partial charge in [0.1, 0.15) is 12.4 Å². The summed E-state index contributed by atoms with van der Waals surface area (Å²) < 4.78 is 12.9. The second kappa shape index (κ2) is 7.77. The summed E-state index contributed by atoms with van der Waals surface area (Å²) in [5.41, 5.74) is 7.63. The molecule has 4 nitrogen and oxygen atoms in total.